The Morgan fingerprint density at radius 3 is 2.59 bits per heavy atom. The van der Waals surface area contributed by atoms with Crippen molar-refractivity contribution in [3.8, 4) is 0 Å². The Kier molecular flexibility index (Phi) is 4.41. The molecule has 0 atom stereocenters. The number of hydrogen-bond acceptors (Lipinski definition) is 3. The summed E-state index contributed by atoms with van der Waals surface area (Å²) >= 11 is 0. The Labute approximate surface area is 127 Å². The molecule has 0 radical (unpaired) electrons. The van der Waals surface area contributed by atoms with E-state index in [1.165, 1.54) is 6.07 Å². The van der Waals surface area contributed by atoms with Crippen LogP contribution in [-0.4, -0.2) is 16.8 Å². The van der Waals surface area contributed by atoms with E-state index < -0.39 is 5.91 Å². The average molecular weight is 299 g/mol. The van der Waals surface area contributed by atoms with Gasteiger partial charge < -0.3 is 16.0 Å². The molecule has 6 nitrogen and oxygen atoms in total. The van der Waals surface area contributed by atoms with Gasteiger partial charge in [0.05, 0.1) is 5.56 Å². The van der Waals surface area contributed by atoms with Gasteiger partial charge in [0.15, 0.2) is 0 Å². The summed E-state index contributed by atoms with van der Waals surface area (Å²) in [5.74, 6) is -0.795. The normalized spacial score (nSPS) is 10.3. The molecule has 22 heavy (non-hydrogen) atoms. The van der Waals surface area contributed by atoms with Gasteiger partial charge in [0.2, 0.25) is 11.5 Å². The molecule has 1 aromatic carbocycles. The zero-order valence-corrected chi connectivity index (χ0v) is 12.4. The first kappa shape index (κ1) is 15.5. The van der Waals surface area contributed by atoms with Crippen LogP contribution in [0.25, 0.3) is 0 Å². The second kappa shape index (κ2) is 6.26. The first-order valence-corrected chi connectivity index (χ1v) is 6.76. The quantitative estimate of drug-likeness (QED) is 0.785. The molecule has 6 heteroatoms. The molecule has 0 fully saturated rings. The lowest BCUT2D eigenvalue weighted by molar-refractivity contribution is 0.0948. The maximum atomic E-state index is 12.3. The van der Waals surface area contributed by atoms with Crippen molar-refractivity contribution in [1.82, 2.24) is 10.3 Å². The molecule has 2 aromatic rings. The standard InChI is InChI=1S/C16H17N3O3/c1-9-6-13(20)19-10(2)14(9)16(22)18-8-11-4-3-5-12(7-11)15(17)21/h3-7H,8H2,1-2H3,(H2,17,21)(H,18,22)(H,19,20). The number of H-pyrrole nitrogens is 1. The molecule has 114 valence electrons. The van der Waals surface area contributed by atoms with E-state index in [-0.39, 0.29) is 18.0 Å². The predicted molar refractivity (Wildman–Crippen MR) is 82.7 cm³/mol. The lowest BCUT2D eigenvalue weighted by Gasteiger charge is -2.10. The van der Waals surface area contributed by atoms with Gasteiger partial charge in [-0.15, -0.1) is 0 Å². The van der Waals surface area contributed by atoms with Crippen LogP contribution in [0.2, 0.25) is 0 Å². The molecular formula is C16H17N3O3. The Bertz CT molecular complexity index is 767. The van der Waals surface area contributed by atoms with Gasteiger partial charge in [-0.3, -0.25) is 14.4 Å². The van der Waals surface area contributed by atoms with E-state index in [9.17, 15) is 14.4 Å². The summed E-state index contributed by atoms with van der Waals surface area (Å²) in [7, 11) is 0. The lowest BCUT2D eigenvalue weighted by Crippen LogP contribution is -2.26. The number of aromatic nitrogens is 1. The van der Waals surface area contributed by atoms with E-state index in [1.54, 1.807) is 38.1 Å². The molecule has 2 amide bonds. The first-order chi connectivity index (χ1) is 10.4. The minimum atomic E-state index is -0.513. The van der Waals surface area contributed by atoms with Crippen molar-refractivity contribution in [3.63, 3.8) is 0 Å². The molecule has 0 unspecified atom stereocenters. The number of carbonyl (C=O) groups excluding carboxylic acids is 2. The topological polar surface area (TPSA) is 105 Å². The van der Waals surface area contributed by atoms with Crippen molar-refractivity contribution in [2.45, 2.75) is 20.4 Å². The number of nitrogens with one attached hydrogen (secondary N) is 2. The Hall–Kier alpha value is -2.89. The van der Waals surface area contributed by atoms with Crippen LogP contribution in [0.5, 0.6) is 0 Å². The van der Waals surface area contributed by atoms with Crippen molar-refractivity contribution in [1.29, 1.82) is 0 Å². The number of nitrogens with two attached hydrogens (primary N) is 1. The molecule has 0 saturated carbocycles. The second-order valence-electron chi connectivity index (χ2n) is 5.06. The highest BCUT2D eigenvalue weighted by molar-refractivity contribution is 5.96. The van der Waals surface area contributed by atoms with E-state index in [0.717, 1.165) is 5.56 Å². The fourth-order valence-corrected chi connectivity index (χ4v) is 2.30. The van der Waals surface area contributed by atoms with Crippen LogP contribution in [0.3, 0.4) is 0 Å². The monoisotopic (exact) mass is 299 g/mol. The molecular weight excluding hydrogens is 282 g/mol. The highest BCUT2D eigenvalue weighted by Crippen LogP contribution is 2.10. The first-order valence-electron chi connectivity index (χ1n) is 6.76. The minimum absolute atomic E-state index is 0.235. The van der Waals surface area contributed by atoms with Crippen molar-refractivity contribution in [3.05, 3.63) is 68.6 Å². The highest BCUT2D eigenvalue weighted by atomic mass is 16.2. The van der Waals surface area contributed by atoms with Crippen LogP contribution in [0.4, 0.5) is 0 Å². The fourth-order valence-electron chi connectivity index (χ4n) is 2.30. The van der Waals surface area contributed by atoms with Crippen LogP contribution in [0.1, 0.15) is 37.5 Å². The molecule has 0 spiro atoms. The number of aryl methyl sites for hydroxylation is 2. The van der Waals surface area contributed by atoms with Crippen LogP contribution >= 0.6 is 0 Å². The lowest BCUT2D eigenvalue weighted by atomic mass is 10.1. The summed E-state index contributed by atoms with van der Waals surface area (Å²) in [6.45, 7) is 3.65. The molecule has 4 N–H and O–H groups in total. The molecule has 0 aliphatic rings. The summed E-state index contributed by atoms with van der Waals surface area (Å²) in [5, 5.41) is 2.77. The number of primary amides is 1. The van der Waals surface area contributed by atoms with E-state index in [0.29, 0.717) is 22.4 Å². The van der Waals surface area contributed by atoms with Crippen LogP contribution in [-0.2, 0) is 6.54 Å². The molecule has 0 saturated heterocycles. The van der Waals surface area contributed by atoms with Gasteiger partial charge in [0.25, 0.3) is 5.91 Å². The minimum Gasteiger partial charge on any atom is -0.366 e. The fraction of sp³-hybridized carbons (Fsp3) is 0.188. The summed E-state index contributed by atoms with van der Waals surface area (Å²) in [6, 6.07) is 8.13. The van der Waals surface area contributed by atoms with Gasteiger partial charge in [-0.05, 0) is 37.1 Å². The maximum Gasteiger partial charge on any atom is 0.253 e. The van der Waals surface area contributed by atoms with Crippen LogP contribution < -0.4 is 16.6 Å². The van der Waals surface area contributed by atoms with Crippen molar-refractivity contribution in [2.75, 3.05) is 0 Å². The van der Waals surface area contributed by atoms with Crippen molar-refractivity contribution >= 4 is 11.8 Å². The Balaban J connectivity index is 2.15. The number of rotatable bonds is 4. The molecule has 2 rings (SSSR count). The van der Waals surface area contributed by atoms with Crippen molar-refractivity contribution in [2.24, 2.45) is 5.73 Å². The van der Waals surface area contributed by atoms with Crippen LogP contribution in [0.15, 0.2) is 35.1 Å². The van der Waals surface area contributed by atoms with Gasteiger partial charge in [-0.1, -0.05) is 12.1 Å². The van der Waals surface area contributed by atoms with E-state index in [1.807, 2.05) is 0 Å². The number of pyridine rings is 1. The molecule has 1 aromatic heterocycles. The Morgan fingerprint density at radius 1 is 1.23 bits per heavy atom. The molecule has 0 bridgehead atoms. The van der Waals surface area contributed by atoms with Crippen molar-refractivity contribution < 1.29 is 9.59 Å². The largest absolute Gasteiger partial charge is 0.366 e. The predicted octanol–water partition coefficient (Wildman–Crippen LogP) is 1.02. The smallest absolute Gasteiger partial charge is 0.253 e. The second-order valence-corrected chi connectivity index (χ2v) is 5.06. The van der Waals surface area contributed by atoms with Gasteiger partial charge >= 0.3 is 0 Å². The maximum absolute atomic E-state index is 12.3. The SMILES string of the molecule is Cc1cc(=O)[nH]c(C)c1C(=O)NCc1cccc(C(N)=O)c1. The van der Waals surface area contributed by atoms with Gasteiger partial charge in [0.1, 0.15) is 0 Å². The van der Waals surface area contributed by atoms with Gasteiger partial charge in [-0.2, -0.15) is 0 Å². The number of hydrogen-bond donors (Lipinski definition) is 3. The summed E-state index contributed by atoms with van der Waals surface area (Å²) in [6.07, 6.45) is 0. The van der Waals surface area contributed by atoms with Crippen LogP contribution in [0, 0.1) is 13.8 Å². The highest BCUT2D eigenvalue weighted by Gasteiger charge is 2.13. The number of carbonyl (C=O) groups is 2. The molecule has 0 aliphatic carbocycles. The Morgan fingerprint density at radius 2 is 1.95 bits per heavy atom. The summed E-state index contributed by atoms with van der Waals surface area (Å²) in [5.41, 5.74) is 7.73. The number of amides is 2. The average Bonchev–Trinajstić information content (AvgIpc) is 2.44. The summed E-state index contributed by atoms with van der Waals surface area (Å²) < 4.78 is 0. The zero-order chi connectivity index (χ0) is 16.3. The number of benzene rings is 1. The number of aromatic amines is 1. The van der Waals surface area contributed by atoms with E-state index >= 15 is 0 Å². The third-order valence-electron chi connectivity index (χ3n) is 3.32. The third kappa shape index (κ3) is 3.41. The molecule has 1 heterocycles. The molecule has 0 aliphatic heterocycles. The summed E-state index contributed by atoms with van der Waals surface area (Å²) in [4.78, 5) is 37.3. The van der Waals surface area contributed by atoms with Gasteiger partial charge in [-0.25, -0.2) is 0 Å². The zero-order valence-electron chi connectivity index (χ0n) is 12.4. The third-order valence-corrected chi connectivity index (χ3v) is 3.32. The van der Waals surface area contributed by atoms with Gasteiger partial charge in [0, 0.05) is 23.9 Å². The van der Waals surface area contributed by atoms with E-state index in [4.69, 9.17) is 5.73 Å². The van der Waals surface area contributed by atoms with E-state index in [2.05, 4.69) is 10.3 Å².